The van der Waals surface area contributed by atoms with Crippen LogP contribution in [0.3, 0.4) is 0 Å². The quantitative estimate of drug-likeness (QED) is 0.837. The van der Waals surface area contributed by atoms with E-state index < -0.39 is 17.5 Å². The van der Waals surface area contributed by atoms with Crippen molar-refractivity contribution < 1.29 is 17.9 Å². The highest BCUT2D eigenvalue weighted by atomic mass is 32.2. The Morgan fingerprint density at radius 2 is 1.85 bits per heavy atom. The fourth-order valence-electron chi connectivity index (χ4n) is 1.58. The van der Waals surface area contributed by atoms with Gasteiger partial charge in [0.1, 0.15) is 17.4 Å². The van der Waals surface area contributed by atoms with Crippen molar-refractivity contribution in [2.75, 3.05) is 11.8 Å². The van der Waals surface area contributed by atoms with Gasteiger partial charge in [0.25, 0.3) is 0 Å². The van der Waals surface area contributed by atoms with E-state index in [0.717, 1.165) is 11.9 Å². The van der Waals surface area contributed by atoms with Crippen molar-refractivity contribution in [2.45, 2.75) is 11.8 Å². The SMILES string of the molecule is COc1ccc(F)cc1SNc1ccc(F)c(C)c1F. The first kappa shape index (κ1) is 14.6. The number of nitrogens with one attached hydrogen (secondary N) is 1. The van der Waals surface area contributed by atoms with Gasteiger partial charge in [0.05, 0.1) is 17.7 Å². The van der Waals surface area contributed by atoms with Crippen LogP contribution in [-0.4, -0.2) is 7.11 Å². The molecule has 2 aromatic carbocycles. The average molecular weight is 299 g/mol. The second-order valence-electron chi connectivity index (χ2n) is 4.03. The third-order valence-electron chi connectivity index (χ3n) is 2.72. The number of ether oxygens (including phenoxy) is 1. The van der Waals surface area contributed by atoms with Crippen LogP contribution in [0.1, 0.15) is 5.56 Å². The van der Waals surface area contributed by atoms with Crippen molar-refractivity contribution in [3.63, 3.8) is 0 Å². The van der Waals surface area contributed by atoms with Crippen LogP contribution < -0.4 is 9.46 Å². The summed E-state index contributed by atoms with van der Waals surface area (Å²) in [7, 11) is 1.46. The van der Waals surface area contributed by atoms with E-state index in [4.69, 9.17) is 4.74 Å². The second-order valence-corrected chi connectivity index (χ2v) is 4.88. The lowest BCUT2D eigenvalue weighted by Gasteiger charge is -2.11. The number of hydrogen-bond acceptors (Lipinski definition) is 3. The van der Waals surface area contributed by atoms with E-state index >= 15 is 0 Å². The number of benzene rings is 2. The van der Waals surface area contributed by atoms with Gasteiger partial charge < -0.3 is 9.46 Å². The molecule has 20 heavy (non-hydrogen) atoms. The molecule has 0 radical (unpaired) electrons. The molecule has 106 valence electrons. The molecule has 2 rings (SSSR count). The van der Waals surface area contributed by atoms with Crippen LogP contribution in [0.2, 0.25) is 0 Å². The predicted molar refractivity (Wildman–Crippen MR) is 73.5 cm³/mol. The molecule has 2 aromatic rings. The van der Waals surface area contributed by atoms with E-state index in [9.17, 15) is 13.2 Å². The lowest BCUT2D eigenvalue weighted by Crippen LogP contribution is -1.97. The van der Waals surface area contributed by atoms with Gasteiger partial charge in [0, 0.05) is 5.56 Å². The molecular formula is C14H12F3NOS. The molecular weight excluding hydrogens is 287 g/mol. The Kier molecular flexibility index (Phi) is 4.44. The van der Waals surface area contributed by atoms with Gasteiger partial charge in [-0.2, -0.15) is 0 Å². The summed E-state index contributed by atoms with van der Waals surface area (Å²) in [5.74, 6) is -1.25. The molecule has 0 aromatic heterocycles. The van der Waals surface area contributed by atoms with E-state index in [1.807, 2.05) is 0 Å². The minimum atomic E-state index is -0.673. The molecule has 0 aliphatic heterocycles. The van der Waals surface area contributed by atoms with Gasteiger partial charge >= 0.3 is 0 Å². The van der Waals surface area contributed by atoms with E-state index in [1.54, 1.807) is 0 Å². The first-order valence-electron chi connectivity index (χ1n) is 5.74. The van der Waals surface area contributed by atoms with E-state index in [1.165, 1.54) is 44.4 Å². The Hall–Kier alpha value is -1.82. The summed E-state index contributed by atoms with van der Waals surface area (Å²) in [6.45, 7) is 1.35. The van der Waals surface area contributed by atoms with Gasteiger partial charge in [-0.05, 0) is 49.2 Å². The maximum atomic E-state index is 13.8. The minimum Gasteiger partial charge on any atom is -0.496 e. The zero-order valence-corrected chi connectivity index (χ0v) is 11.7. The van der Waals surface area contributed by atoms with Crippen LogP contribution in [0, 0.1) is 24.4 Å². The summed E-state index contributed by atoms with van der Waals surface area (Å²) in [5.41, 5.74) is 0.0574. The van der Waals surface area contributed by atoms with Gasteiger partial charge in [0.2, 0.25) is 0 Å². The Morgan fingerprint density at radius 3 is 2.55 bits per heavy atom. The van der Waals surface area contributed by atoms with Crippen molar-refractivity contribution in [1.82, 2.24) is 0 Å². The van der Waals surface area contributed by atoms with E-state index in [-0.39, 0.29) is 11.3 Å². The lowest BCUT2D eigenvalue weighted by molar-refractivity contribution is 0.403. The molecule has 0 bridgehead atoms. The largest absolute Gasteiger partial charge is 0.496 e. The molecule has 0 amide bonds. The van der Waals surface area contributed by atoms with Gasteiger partial charge in [-0.15, -0.1) is 0 Å². The van der Waals surface area contributed by atoms with Crippen molar-refractivity contribution in [3.8, 4) is 5.75 Å². The molecule has 0 saturated carbocycles. The maximum absolute atomic E-state index is 13.8. The summed E-state index contributed by atoms with van der Waals surface area (Å²) in [4.78, 5) is 0.467. The van der Waals surface area contributed by atoms with Crippen molar-refractivity contribution in [3.05, 3.63) is 53.3 Å². The summed E-state index contributed by atoms with van der Waals surface area (Å²) < 4.78 is 47.9. The highest BCUT2D eigenvalue weighted by Crippen LogP contribution is 2.32. The molecule has 1 N–H and O–H groups in total. The smallest absolute Gasteiger partial charge is 0.152 e. The van der Waals surface area contributed by atoms with Crippen LogP contribution in [-0.2, 0) is 0 Å². The number of hydrogen-bond donors (Lipinski definition) is 1. The van der Waals surface area contributed by atoms with Crippen LogP contribution >= 0.6 is 11.9 Å². The normalized spacial score (nSPS) is 10.4. The number of halogens is 3. The van der Waals surface area contributed by atoms with Crippen molar-refractivity contribution in [1.29, 1.82) is 0 Å². The average Bonchev–Trinajstić information content (AvgIpc) is 2.44. The predicted octanol–water partition coefficient (Wildman–Crippen LogP) is 4.54. The molecule has 0 aliphatic carbocycles. The fraction of sp³-hybridized carbons (Fsp3) is 0.143. The molecule has 2 nitrogen and oxygen atoms in total. The van der Waals surface area contributed by atoms with Gasteiger partial charge in [-0.3, -0.25) is 0 Å². The maximum Gasteiger partial charge on any atom is 0.152 e. The summed E-state index contributed by atoms with van der Waals surface area (Å²) >= 11 is 0.990. The summed E-state index contributed by atoms with van der Waals surface area (Å²) in [5, 5.41) is 0. The number of anilines is 1. The third kappa shape index (κ3) is 3.01. The van der Waals surface area contributed by atoms with E-state index in [0.29, 0.717) is 10.6 Å². The van der Waals surface area contributed by atoms with Crippen LogP contribution in [0.4, 0.5) is 18.9 Å². The van der Waals surface area contributed by atoms with Crippen LogP contribution in [0.15, 0.2) is 35.2 Å². The number of rotatable bonds is 4. The second kappa shape index (κ2) is 6.09. The molecule has 0 saturated heterocycles. The standard InChI is InChI=1S/C14H12F3NOS/c1-8-10(16)4-5-11(14(8)17)18-20-13-7-9(15)3-6-12(13)19-2/h3-7,18H,1-2H3. The Labute approximate surface area is 119 Å². The highest BCUT2D eigenvalue weighted by Gasteiger charge is 2.11. The van der Waals surface area contributed by atoms with Gasteiger partial charge in [-0.1, -0.05) is 0 Å². The Bertz CT molecular complexity index is 634. The van der Waals surface area contributed by atoms with Crippen LogP contribution in [0.25, 0.3) is 0 Å². The highest BCUT2D eigenvalue weighted by molar-refractivity contribution is 8.00. The third-order valence-corrected chi connectivity index (χ3v) is 3.58. The summed E-state index contributed by atoms with van der Waals surface area (Å²) in [6.07, 6.45) is 0. The molecule has 0 spiro atoms. The first-order chi connectivity index (χ1) is 9.52. The zero-order valence-electron chi connectivity index (χ0n) is 10.8. The summed E-state index contributed by atoms with van der Waals surface area (Å²) in [6, 6.07) is 6.47. The molecule has 0 aliphatic rings. The first-order valence-corrected chi connectivity index (χ1v) is 6.55. The Morgan fingerprint density at radius 1 is 1.10 bits per heavy atom. The van der Waals surface area contributed by atoms with Crippen molar-refractivity contribution in [2.24, 2.45) is 0 Å². The fourth-order valence-corrected chi connectivity index (χ4v) is 2.38. The van der Waals surface area contributed by atoms with Gasteiger partial charge in [-0.25, -0.2) is 13.2 Å². The molecule has 0 fully saturated rings. The molecule has 0 atom stereocenters. The van der Waals surface area contributed by atoms with Crippen molar-refractivity contribution >= 4 is 17.6 Å². The minimum absolute atomic E-state index is 0.0678. The number of methoxy groups -OCH3 is 1. The van der Waals surface area contributed by atoms with Gasteiger partial charge in [0.15, 0.2) is 5.82 Å². The van der Waals surface area contributed by atoms with Crippen LogP contribution in [0.5, 0.6) is 5.75 Å². The molecule has 0 unspecified atom stereocenters. The monoisotopic (exact) mass is 299 g/mol. The van der Waals surface area contributed by atoms with E-state index in [2.05, 4.69) is 4.72 Å². The Balaban J connectivity index is 2.21. The molecule has 6 heteroatoms. The topological polar surface area (TPSA) is 21.3 Å². The molecule has 0 heterocycles. The zero-order chi connectivity index (χ0) is 14.7. The lowest BCUT2D eigenvalue weighted by atomic mass is 10.2.